The summed E-state index contributed by atoms with van der Waals surface area (Å²) in [4.78, 5) is 20.8. The van der Waals surface area contributed by atoms with Crippen LogP contribution in [0.25, 0.3) is 10.2 Å². The topological polar surface area (TPSA) is 70.6 Å². The van der Waals surface area contributed by atoms with Crippen LogP contribution in [0.1, 0.15) is 43.7 Å². The molecular formula is C27H28ClN3O3S3. The highest BCUT2D eigenvalue weighted by molar-refractivity contribution is 7.91. The molecule has 194 valence electrons. The Morgan fingerprint density at radius 1 is 1.11 bits per heavy atom. The van der Waals surface area contributed by atoms with E-state index in [2.05, 4.69) is 19.9 Å². The van der Waals surface area contributed by atoms with Crippen molar-refractivity contribution in [2.24, 2.45) is 5.92 Å². The van der Waals surface area contributed by atoms with Crippen LogP contribution in [0.3, 0.4) is 0 Å². The summed E-state index contributed by atoms with van der Waals surface area (Å²) >= 11 is 8.55. The molecule has 1 amide bonds. The maximum atomic E-state index is 14.1. The number of piperidine rings is 1. The van der Waals surface area contributed by atoms with Crippen LogP contribution in [-0.4, -0.2) is 36.7 Å². The van der Waals surface area contributed by atoms with Gasteiger partial charge in [0.05, 0.1) is 27.0 Å². The number of thiazole rings is 1. The lowest BCUT2D eigenvalue weighted by molar-refractivity contribution is -0.123. The van der Waals surface area contributed by atoms with Crippen LogP contribution in [0.15, 0.2) is 64.9 Å². The van der Waals surface area contributed by atoms with E-state index in [9.17, 15) is 13.2 Å². The number of aromatic nitrogens is 1. The number of sulfonamides is 1. The maximum Gasteiger partial charge on any atom is 0.252 e. The third-order valence-corrected chi connectivity index (χ3v) is 11.2. The zero-order valence-corrected chi connectivity index (χ0v) is 23.8. The van der Waals surface area contributed by atoms with E-state index in [1.54, 1.807) is 11.0 Å². The van der Waals surface area contributed by atoms with Crippen LogP contribution in [-0.2, 0) is 21.4 Å². The molecule has 1 saturated heterocycles. The van der Waals surface area contributed by atoms with Gasteiger partial charge in [0, 0.05) is 13.1 Å². The number of thiophene rings is 1. The Balaban J connectivity index is 1.48. The molecule has 5 rings (SSSR count). The first kappa shape index (κ1) is 26.3. The second kappa shape index (κ2) is 10.8. The van der Waals surface area contributed by atoms with Crippen molar-refractivity contribution in [3.8, 4) is 0 Å². The molecule has 10 heteroatoms. The molecule has 2 aromatic carbocycles. The molecule has 0 spiro atoms. The summed E-state index contributed by atoms with van der Waals surface area (Å²) in [5, 5.41) is 0.641. The van der Waals surface area contributed by atoms with Crippen molar-refractivity contribution in [3.05, 3.63) is 76.1 Å². The highest BCUT2D eigenvalue weighted by Crippen LogP contribution is 2.36. The third kappa shape index (κ3) is 5.47. The Hall–Kier alpha value is -2.30. The van der Waals surface area contributed by atoms with Gasteiger partial charge in [0.15, 0.2) is 5.13 Å². The van der Waals surface area contributed by atoms with Gasteiger partial charge in [0.25, 0.3) is 10.0 Å². The zero-order valence-electron chi connectivity index (χ0n) is 20.6. The maximum absolute atomic E-state index is 14.1. The minimum absolute atomic E-state index is 0.0990. The second-order valence-corrected chi connectivity index (χ2v) is 14.4. The molecule has 4 aromatic rings. The Morgan fingerprint density at radius 2 is 1.89 bits per heavy atom. The molecule has 0 N–H and O–H groups in total. The summed E-state index contributed by atoms with van der Waals surface area (Å²) in [6.07, 6.45) is 1.24. The van der Waals surface area contributed by atoms with Gasteiger partial charge in [-0.3, -0.25) is 9.69 Å². The number of nitrogens with zero attached hydrogens (tertiary/aromatic N) is 3. The van der Waals surface area contributed by atoms with E-state index in [0.717, 1.165) is 32.7 Å². The molecule has 2 aromatic heterocycles. The number of halogens is 1. The fraction of sp³-hybridized carbons (Fsp3) is 0.333. The van der Waals surface area contributed by atoms with Crippen molar-refractivity contribution >= 4 is 65.6 Å². The SMILES string of the molecule is CC(C)c1cccc2sc(N(Cc3ccccc3)C(=O)C3CCCN(S(=O)(=O)c4ccc(Cl)s4)C3)nc12. The quantitative estimate of drug-likeness (QED) is 0.245. The summed E-state index contributed by atoms with van der Waals surface area (Å²) < 4.78 is 29.6. The third-order valence-electron chi connectivity index (χ3n) is 6.62. The number of carbonyl (C=O) groups is 1. The van der Waals surface area contributed by atoms with Gasteiger partial charge in [0.2, 0.25) is 5.91 Å². The molecule has 37 heavy (non-hydrogen) atoms. The predicted molar refractivity (Wildman–Crippen MR) is 152 cm³/mol. The van der Waals surface area contributed by atoms with E-state index in [4.69, 9.17) is 16.6 Å². The number of carbonyl (C=O) groups excluding carboxylic acids is 1. The van der Waals surface area contributed by atoms with Gasteiger partial charge in [-0.1, -0.05) is 79.2 Å². The standard InChI is InChI=1S/C27H28ClN3O3S3/c1-18(2)21-11-6-12-22-25(21)29-27(35-22)31(16-19-8-4-3-5-9-19)26(32)20-10-7-15-30(17-20)37(33,34)24-14-13-23(28)36-24/h3-6,8-9,11-14,18,20H,7,10,15-17H2,1-2H3. The van der Waals surface area contributed by atoms with E-state index >= 15 is 0 Å². The normalized spacial score (nSPS) is 16.9. The van der Waals surface area contributed by atoms with Crippen LogP contribution >= 0.6 is 34.3 Å². The van der Waals surface area contributed by atoms with E-state index in [-0.39, 0.29) is 16.7 Å². The fourth-order valence-corrected chi connectivity index (χ4v) is 8.86. The number of hydrogen-bond donors (Lipinski definition) is 0. The van der Waals surface area contributed by atoms with Crippen molar-refractivity contribution in [2.75, 3.05) is 18.0 Å². The first-order valence-corrected chi connectivity index (χ1v) is 15.7. The van der Waals surface area contributed by atoms with Gasteiger partial charge >= 0.3 is 0 Å². The first-order chi connectivity index (χ1) is 17.7. The minimum Gasteiger partial charge on any atom is -0.283 e. The predicted octanol–water partition coefficient (Wildman–Crippen LogP) is 6.77. The van der Waals surface area contributed by atoms with Crippen molar-refractivity contribution in [3.63, 3.8) is 0 Å². The fourth-order valence-electron chi connectivity index (χ4n) is 4.69. The highest BCUT2D eigenvalue weighted by Gasteiger charge is 2.37. The molecule has 0 radical (unpaired) electrons. The average Bonchev–Trinajstić information content (AvgIpc) is 3.54. The summed E-state index contributed by atoms with van der Waals surface area (Å²) in [5.41, 5.74) is 3.06. The average molecular weight is 574 g/mol. The molecule has 1 unspecified atom stereocenters. The number of fused-ring (bicyclic) bond motifs is 1. The van der Waals surface area contributed by atoms with Gasteiger partial charge in [-0.15, -0.1) is 11.3 Å². The Bertz CT molecular complexity index is 1520. The summed E-state index contributed by atoms with van der Waals surface area (Å²) in [5.74, 6) is -0.253. The van der Waals surface area contributed by atoms with Crippen LogP contribution < -0.4 is 4.90 Å². The molecule has 6 nitrogen and oxygen atoms in total. The molecule has 0 bridgehead atoms. The summed E-state index contributed by atoms with van der Waals surface area (Å²) in [7, 11) is -3.71. The molecule has 0 saturated carbocycles. The smallest absolute Gasteiger partial charge is 0.252 e. The summed E-state index contributed by atoms with van der Waals surface area (Å²) in [6, 6.07) is 19.1. The van der Waals surface area contributed by atoms with Crippen LogP contribution in [0.4, 0.5) is 5.13 Å². The van der Waals surface area contributed by atoms with Crippen molar-refractivity contribution in [1.82, 2.24) is 9.29 Å². The zero-order chi connectivity index (χ0) is 26.2. The lowest BCUT2D eigenvalue weighted by atomic mass is 9.98. The van der Waals surface area contributed by atoms with Gasteiger partial charge in [0.1, 0.15) is 4.21 Å². The Morgan fingerprint density at radius 3 is 2.59 bits per heavy atom. The van der Waals surface area contributed by atoms with E-state index in [0.29, 0.717) is 41.3 Å². The van der Waals surface area contributed by atoms with Crippen LogP contribution in [0.5, 0.6) is 0 Å². The molecule has 1 atom stereocenters. The van der Waals surface area contributed by atoms with E-state index < -0.39 is 15.9 Å². The van der Waals surface area contributed by atoms with E-state index in [1.807, 2.05) is 42.5 Å². The minimum atomic E-state index is -3.71. The molecule has 1 aliphatic heterocycles. The Kier molecular flexibility index (Phi) is 7.70. The second-order valence-electron chi connectivity index (χ2n) is 9.52. The monoisotopic (exact) mass is 573 g/mol. The number of amides is 1. The number of anilines is 1. The van der Waals surface area contributed by atoms with Gasteiger partial charge in [-0.2, -0.15) is 4.31 Å². The lowest BCUT2D eigenvalue weighted by Gasteiger charge is -2.33. The molecule has 0 aliphatic carbocycles. The summed E-state index contributed by atoms with van der Waals surface area (Å²) in [6.45, 7) is 5.18. The molecular weight excluding hydrogens is 546 g/mol. The largest absolute Gasteiger partial charge is 0.283 e. The lowest BCUT2D eigenvalue weighted by Crippen LogP contribution is -2.46. The van der Waals surface area contributed by atoms with Gasteiger partial charge in [-0.25, -0.2) is 13.4 Å². The van der Waals surface area contributed by atoms with Gasteiger partial charge < -0.3 is 0 Å². The number of hydrogen-bond acceptors (Lipinski definition) is 6. The van der Waals surface area contributed by atoms with Crippen molar-refractivity contribution in [1.29, 1.82) is 0 Å². The van der Waals surface area contributed by atoms with Crippen LogP contribution in [0, 0.1) is 5.92 Å². The van der Waals surface area contributed by atoms with Crippen LogP contribution in [0.2, 0.25) is 4.34 Å². The highest BCUT2D eigenvalue weighted by atomic mass is 35.5. The number of para-hydroxylation sites is 1. The molecule has 1 aliphatic rings. The van der Waals surface area contributed by atoms with E-state index in [1.165, 1.54) is 21.7 Å². The van der Waals surface area contributed by atoms with Crippen molar-refractivity contribution < 1.29 is 13.2 Å². The molecule has 1 fully saturated rings. The van der Waals surface area contributed by atoms with Crippen molar-refractivity contribution in [2.45, 2.75) is 43.4 Å². The first-order valence-electron chi connectivity index (χ1n) is 12.2. The van der Waals surface area contributed by atoms with Gasteiger partial charge in [-0.05, 0) is 48.1 Å². The Labute approximate surface area is 230 Å². The number of benzene rings is 2. The number of rotatable bonds is 7. The molecule has 3 heterocycles.